The lowest BCUT2D eigenvalue weighted by molar-refractivity contribution is 0.628. The fraction of sp³-hybridized carbons (Fsp3) is 0.0952. The second kappa shape index (κ2) is 6.59. The van der Waals surface area contributed by atoms with Gasteiger partial charge >= 0.3 is 0 Å². The van der Waals surface area contributed by atoms with Gasteiger partial charge in [0.05, 0.1) is 17.8 Å². The fourth-order valence-corrected chi connectivity index (χ4v) is 3.41. The van der Waals surface area contributed by atoms with E-state index in [1.54, 1.807) is 12.1 Å². The predicted molar refractivity (Wildman–Crippen MR) is 106 cm³/mol. The minimum atomic E-state index is -0.319. The molecule has 0 saturated carbocycles. The van der Waals surface area contributed by atoms with E-state index >= 15 is 0 Å². The lowest BCUT2D eigenvalue weighted by Crippen LogP contribution is -2.23. The molecule has 0 unspecified atom stereocenters. The summed E-state index contributed by atoms with van der Waals surface area (Å²) in [6.45, 7) is 2.22. The Bertz CT molecular complexity index is 1410. The van der Waals surface area contributed by atoms with Gasteiger partial charge in [-0.15, -0.1) is 10.2 Å². The molecule has 8 heteroatoms. The first-order valence-electron chi connectivity index (χ1n) is 9.03. The third-order valence-electron chi connectivity index (χ3n) is 4.80. The quantitative estimate of drug-likeness (QED) is 0.476. The van der Waals surface area contributed by atoms with Crippen molar-refractivity contribution in [1.29, 1.82) is 0 Å². The minimum absolute atomic E-state index is 0.143. The Morgan fingerprint density at radius 3 is 2.48 bits per heavy atom. The number of benzene rings is 2. The van der Waals surface area contributed by atoms with Crippen LogP contribution in [0.5, 0.6) is 0 Å². The van der Waals surface area contributed by atoms with Crippen molar-refractivity contribution in [2.45, 2.75) is 13.5 Å². The Labute approximate surface area is 164 Å². The van der Waals surface area contributed by atoms with Gasteiger partial charge in [-0.05, 0) is 30.2 Å². The first-order valence-corrected chi connectivity index (χ1v) is 9.03. The molecule has 0 spiro atoms. The number of nitrogens with zero attached hydrogens (tertiary/aromatic N) is 6. The number of rotatable bonds is 3. The predicted octanol–water partition coefficient (Wildman–Crippen LogP) is 3.00. The van der Waals surface area contributed by atoms with Crippen molar-refractivity contribution in [3.05, 3.63) is 88.4 Å². The second-order valence-corrected chi connectivity index (χ2v) is 6.74. The summed E-state index contributed by atoms with van der Waals surface area (Å²) in [5.41, 5.74) is 3.83. The van der Waals surface area contributed by atoms with Gasteiger partial charge in [-0.25, -0.2) is 9.37 Å². The van der Waals surface area contributed by atoms with Crippen LogP contribution in [0.3, 0.4) is 0 Å². The first kappa shape index (κ1) is 17.2. The Morgan fingerprint density at radius 1 is 0.966 bits per heavy atom. The lowest BCUT2D eigenvalue weighted by atomic mass is 10.1. The molecule has 142 valence electrons. The topological polar surface area (TPSA) is 78.0 Å². The summed E-state index contributed by atoms with van der Waals surface area (Å²) in [7, 11) is 0. The summed E-state index contributed by atoms with van der Waals surface area (Å²) in [4.78, 5) is 17.3. The van der Waals surface area contributed by atoms with Crippen molar-refractivity contribution >= 4 is 16.8 Å². The van der Waals surface area contributed by atoms with Crippen LogP contribution >= 0.6 is 0 Å². The molecule has 0 aliphatic rings. The maximum Gasteiger partial charge on any atom is 0.283 e. The molecule has 0 bridgehead atoms. The van der Waals surface area contributed by atoms with Gasteiger partial charge in [0.2, 0.25) is 0 Å². The first-order chi connectivity index (χ1) is 14.1. The van der Waals surface area contributed by atoms with Crippen molar-refractivity contribution in [3.8, 4) is 11.1 Å². The highest BCUT2D eigenvalue weighted by Crippen LogP contribution is 2.27. The zero-order valence-electron chi connectivity index (χ0n) is 15.5. The van der Waals surface area contributed by atoms with Crippen LogP contribution in [0.25, 0.3) is 27.9 Å². The van der Waals surface area contributed by atoms with E-state index in [2.05, 4.69) is 20.3 Å². The van der Waals surface area contributed by atoms with Gasteiger partial charge in [0, 0.05) is 0 Å². The summed E-state index contributed by atoms with van der Waals surface area (Å²) in [5, 5.41) is 12.9. The van der Waals surface area contributed by atoms with Gasteiger partial charge in [-0.2, -0.15) is 9.61 Å². The van der Waals surface area contributed by atoms with E-state index in [0.717, 1.165) is 16.7 Å². The molecule has 5 rings (SSSR count). The molecule has 0 saturated heterocycles. The van der Waals surface area contributed by atoms with Crippen LogP contribution in [0, 0.1) is 12.7 Å². The second-order valence-electron chi connectivity index (χ2n) is 6.74. The molecule has 0 fully saturated rings. The van der Waals surface area contributed by atoms with Gasteiger partial charge in [-0.1, -0.05) is 42.5 Å². The summed E-state index contributed by atoms with van der Waals surface area (Å²) in [5.74, 6) is -0.319. The molecule has 0 radical (unpaired) electrons. The van der Waals surface area contributed by atoms with E-state index < -0.39 is 0 Å². The van der Waals surface area contributed by atoms with E-state index in [0.29, 0.717) is 23.5 Å². The van der Waals surface area contributed by atoms with Gasteiger partial charge < -0.3 is 0 Å². The monoisotopic (exact) mass is 386 g/mol. The maximum absolute atomic E-state index is 13.3. The average molecular weight is 386 g/mol. The van der Waals surface area contributed by atoms with Crippen molar-refractivity contribution in [3.63, 3.8) is 0 Å². The van der Waals surface area contributed by atoms with Gasteiger partial charge in [0.1, 0.15) is 12.1 Å². The molecule has 0 aliphatic heterocycles. The molecule has 29 heavy (non-hydrogen) atoms. The molecule has 3 aromatic heterocycles. The molecule has 0 amide bonds. The van der Waals surface area contributed by atoms with Crippen molar-refractivity contribution in [2.75, 3.05) is 0 Å². The summed E-state index contributed by atoms with van der Waals surface area (Å²) >= 11 is 0. The number of hydrogen-bond donors (Lipinski definition) is 0. The van der Waals surface area contributed by atoms with Crippen LogP contribution < -0.4 is 5.56 Å². The standard InChI is InChI=1S/C21H15FN6O/c1-13-17(15-7-9-16(22)10-8-15)19-25-24-18-20(28(19)26-13)23-12-27(21(18)29)11-14-5-3-2-4-6-14/h2-10,12H,11H2,1H3. The van der Waals surface area contributed by atoms with Crippen molar-refractivity contribution in [2.24, 2.45) is 0 Å². The summed E-state index contributed by atoms with van der Waals surface area (Å²) in [6, 6.07) is 15.7. The Morgan fingerprint density at radius 2 is 1.72 bits per heavy atom. The molecule has 2 aromatic carbocycles. The zero-order chi connectivity index (χ0) is 20.0. The number of aryl methyl sites for hydroxylation is 1. The highest BCUT2D eigenvalue weighted by Gasteiger charge is 2.18. The van der Waals surface area contributed by atoms with E-state index in [4.69, 9.17) is 0 Å². The van der Waals surface area contributed by atoms with Gasteiger partial charge in [-0.3, -0.25) is 9.36 Å². The largest absolute Gasteiger partial charge is 0.293 e. The lowest BCUT2D eigenvalue weighted by Gasteiger charge is -2.06. The van der Waals surface area contributed by atoms with Crippen LogP contribution in [0.2, 0.25) is 0 Å². The highest BCUT2D eigenvalue weighted by molar-refractivity contribution is 5.83. The van der Waals surface area contributed by atoms with Crippen LogP contribution in [0.4, 0.5) is 4.39 Å². The SMILES string of the molecule is Cc1nn2c(nnc3c(=O)n(Cc4ccccc4)cnc32)c1-c1ccc(F)cc1. The number of hydrogen-bond acceptors (Lipinski definition) is 5. The third kappa shape index (κ3) is 2.85. The maximum atomic E-state index is 13.3. The van der Waals surface area contributed by atoms with E-state index in [1.807, 2.05) is 37.3 Å². The molecule has 3 heterocycles. The average Bonchev–Trinajstić information content (AvgIpc) is 3.08. The van der Waals surface area contributed by atoms with Crippen molar-refractivity contribution in [1.82, 2.24) is 29.4 Å². The van der Waals surface area contributed by atoms with Crippen LogP contribution in [0.1, 0.15) is 11.3 Å². The molecule has 5 aromatic rings. The van der Waals surface area contributed by atoms with Gasteiger partial charge in [0.25, 0.3) is 5.56 Å². The smallest absolute Gasteiger partial charge is 0.283 e. The highest BCUT2D eigenvalue weighted by atomic mass is 19.1. The molecule has 0 N–H and O–H groups in total. The zero-order valence-corrected chi connectivity index (χ0v) is 15.5. The van der Waals surface area contributed by atoms with E-state index in [9.17, 15) is 9.18 Å². The molecular weight excluding hydrogens is 371 g/mol. The molecule has 0 atom stereocenters. The van der Waals surface area contributed by atoms with Crippen LogP contribution in [-0.2, 0) is 6.54 Å². The van der Waals surface area contributed by atoms with E-state index in [-0.39, 0.29) is 16.9 Å². The molecule has 0 aliphatic carbocycles. The summed E-state index contributed by atoms with van der Waals surface area (Å²) in [6.07, 6.45) is 1.49. The number of aromatic nitrogens is 6. The Balaban J connectivity index is 1.68. The molecule has 7 nitrogen and oxygen atoms in total. The Hall–Kier alpha value is -3.94. The molecular formula is C21H15FN6O. The minimum Gasteiger partial charge on any atom is -0.293 e. The van der Waals surface area contributed by atoms with Crippen LogP contribution in [0.15, 0.2) is 65.7 Å². The third-order valence-corrected chi connectivity index (χ3v) is 4.80. The van der Waals surface area contributed by atoms with E-state index in [1.165, 1.54) is 27.5 Å². The van der Waals surface area contributed by atoms with Crippen LogP contribution in [-0.4, -0.2) is 29.4 Å². The van der Waals surface area contributed by atoms with Gasteiger partial charge in [0.15, 0.2) is 16.8 Å². The number of halogens is 1. The summed E-state index contributed by atoms with van der Waals surface area (Å²) < 4.78 is 16.3. The Kier molecular flexibility index (Phi) is 3.90. The van der Waals surface area contributed by atoms with Crippen molar-refractivity contribution < 1.29 is 4.39 Å². The normalized spacial score (nSPS) is 11.4. The number of fused-ring (bicyclic) bond motifs is 3. The fourth-order valence-electron chi connectivity index (χ4n) is 3.41.